The fourth-order valence-electron chi connectivity index (χ4n) is 2.59. The fourth-order valence-corrected chi connectivity index (χ4v) is 2.59. The third-order valence-corrected chi connectivity index (χ3v) is 3.66. The highest BCUT2D eigenvalue weighted by Gasteiger charge is 2.33. The maximum Gasteiger partial charge on any atom is 0.328 e. The average Bonchev–Trinajstić information content (AvgIpc) is 2.53. The highest BCUT2D eigenvalue weighted by Crippen LogP contribution is 2.19. The molecular formula is C15H14N2O5. The van der Waals surface area contributed by atoms with Crippen LogP contribution in [0, 0.1) is 0 Å². The first-order valence-electron chi connectivity index (χ1n) is 6.81. The number of aromatic amines is 1. The van der Waals surface area contributed by atoms with Crippen molar-refractivity contribution in [3.63, 3.8) is 0 Å². The van der Waals surface area contributed by atoms with E-state index < -0.39 is 23.5 Å². The fraction of sp³-hybridized carbons (Fsp3) is 0.267. The summed E-state index contributed by atoms with van der Waals surface area (Å²) in [5, 5.41) is 9.82. The highest BCUT2D eigenvalue weighted by atomic mass is 16.5. The summed E-state index contributed by atoms with van der Waals surface area (Å²) < 4.78 is 5.13. The summed E-state index contributed by atoms with van der Waals surface area (Å²) >= 11 is 0. The number of nitrogens with zero attached hydrogens (tertiary/aromatic N) is 1. The summed E-state index contributed by atoms with van der Waals surface area (Å²) in [5.41, 5.74) is 0.341. The van der Waals surface area contributed by atoms with Crippen molar-refractivity contribution >= 4 is 22.8 Å². The van der Waals surface area contributed by atoms with Crippen LogP contribution in [0.1, 0.15) is 10.4 Å². The summed E-state index contributed by atoms with van der Waals surface area (Å²) in [7, 11) is 0. The lowest BCUT2D eigenvalue weighted by atomic mass is 10.1. The second-order valence-electron chi connectivity index (χ2n) is 5.02. The Bertz CT molecular complexity index is 798. The van der Waals surface area contributed by atoms with Gasteiger partial charge in [0.15, 0.2) is 6.04 Å². The Hall–Kier alpha value is -2.67. The van der Waals surface area contributed by atoms with Gasteiger partial charge in [0.25, 0.3) is 5.91 Å². The Labute approximate surface area is 125 Å². The van der Waals surface area contributed by atoms with Gasteiger partial charge in [0, 0.05) is 23.5 Å². The van der Waals surface area contributed by atoms with Gasteiger partial charge in [-0.05, 0) is 6.07 Å². The van der Waals surface area contributed by atoms with Crippen LogP contribution in [0.2, 0.25) is 0 Å². The maximum atomic E-state index is 12.7. The van der Waals surface area contributed by atoms with Crippen molar-refractivity contribution in [2.24, 2.45) is 0 Å². The number of hydrogen-bond acceptors (Lipinski definition) is 4. The van der Waals surface area contributed by atoms with E-state index in [0.29, 0.717) is 10.9 Å². The third kappa shape index (κ3) is 2.46. The van der Waals surface area contributed by atoms with Crippen molar-refractivity contribution in [3.05, 3.63) is 46.2 Å². The van der Waals surface area contributed by atoms with Crippen LogP contribution in [0.15, 0.2) is 35.1 Å². The molecule has 0 saturated carbocycles. The maximum absolute atomic E-state index is 12.7. The van der Waals surface area contributed by atoms with Gasteiger partial charge in [0.1, 0.15) is 0 Å². The molecule has 1 aromatic carbocycles. The van der Waals surface area contributed by atoms with Gasteiger partial charge in [-0.2, -0.15) is 0 Å². The van der Waals surface area contributed by atoms with Crippen molar-refractivity contribution in [2.45, 2.75) is 6.04 Å². The number of para-hydroxylation sites is 1. The molecule has 0 aliphatic carbocycles. The molecule has 7 heteroatoms. The molecule has 1 fully saturated rings. The topological polar surface area (TPSA) is 99.7 Å². The first-order chi connectivity index (χ1) is 10.6. The van der Waals surface area contributed by atoms with Crippen molar-refractivity contribution in [1.82, 2.24) is 9.88 Å². The summed E-state index contributed by atoms with van der Waals surface area (Å²) in [6.45, 7) is 0.399. The number of ether oxygens (including phenoxy) is 1. The molecule has 1 amide bonds. The predicted molar refractivity (Wildman–Crippen MR) is 77.8 cm³/mol. The lowest BCUT2D eigenvalue weighted by molar-refractivity contribution is -0.147. The number of H-pyrrole nitrogens is 1. The minimum Gasteiger partial charge on any atom is -0.480 e. The number of carboxylic acids is 1. The SMILES string of the molecule is O=C(O)[C@@H]1COCCN1C(=O)c1cc(=O)[nH]c2ccccc12. The molecular weight excluding hydrogens is 288 g/mol. The zero-order chi connectivity index (χ0) is 15.7. The van der Waals surface area contributed by atoms with Crippen LogP contribution in [0.4, 0.5) is 0 Å². The van der Waals surface area contributed by atoms with Crippen LogP contribution in [0.3, 0.4) is 0 Å². The Kier molecular flexibility index (Phi) is 3.64. The zero-order valence-electron chi connectivity index (χ0n) is 11.6. The number of morpholine rings is 1. The second-order valence-corrected chi connectivity index (χ2v) is 5.02. The number of fused-ring (bicyclic) bond motifs is 1. The smallest absolute Gasteiger partial charge is 0.328 e. The molecule has 0 radical (unpaired) electrons. The number of rotatable bonds is 2. The van der Waals surface area contributed by atoms with Gasteiger partial charge in [-0.15, -0.1) is 0 Å². The molecule has 1 saturated heterocycles. The Morgan fingerprint density at radius 1 is 1.32 bits per heavy atom. The van der Waals surface area contributed by atoms with Crippen LogP contribution in [0.5, 0.6) is 0 Å². The van der Waals surface area contributed by atoms with Crippen molar-refractivity contribution in [2.75, 3.05) is 19.8 Å². The molecule has 1 aromatic heterocycles. The minimum atomic E-state index is -1.12. The molecule has 1 atom stereocenters. The average molecular weight is 302 g/mol. The first kappa shape index (κ1) is 14.3. The molecule has 2 heterocycles. The standard InChI is InChI=1S/C15H14N2O5/c18-13-7-10(9-3-1-2-4-11(9)16-13)14(19)17-5-6-22-8-12(17)15(20)21/h1-4,7,12H,5-6,8H2,(H,16,18)(H,20,21)/t12-/m0/s1. The minimum absolute atomic E-state index is 0.0534. The Morgan fingerprint density at radius 3 is 2.86 bits per heavy atom. The number of benzene rings is 1. The van der Waals surface area contributed by atoms with E-state index in [0.717, 1.165) is 0 Å². The number of pyridine rings is 1. The zero-order valence-corrected chi connectivity index (χ0v) is 11.6. The molecule has 7 nitrogen and oxygen atoms in total. The number of amides is 1. The lowest BCUT2D eigenvalue weighted by Crippen LogP contribution is -2.52. The molecule has 1 aliphatic heterocycles. The van der Waals surface area contributed by atoms with Gasteiger partial charge in [-0.1, -0.05) is 18.2 Å². The van der Waals surface area contributed by atoms with E-state index in [1.54, 1.807) is 24.3 Å². The first-order valence-corrected chi connectivity index (χ1v) is 6.81. The number of carbonyl (C=O) groups excluding carboxylic acids is 1. The van der Waals surface area contributed by atoms with Gasteiger partial charge in [0.2, 0.25) is 5.56 Å². The molecule has 0 spiro atoms. The van der Waals surface area contributed by atoms with Crippen LogP contribution in [-0.4, -0.2) is 52.7 Å². The van der Waals surface area contributed by atoms with Crippen LogP contribution in [0.25, 0.3) is 10.9 Å². The number of carbonyl (C=O) groups is 2. The molecule has 0 unspecified atom stereocenters. The van der Waals surface area contributed by atoms with E-state index in [1.807, 2.05) is 0 Å². The van der Waals surface area contributed by atoms with Crippen LogP contribution in [-0.2, 0) is 9.53 Å². The predicted octanol–water partition coefficient (Wildman–Crippen LogP) is 0.454. The van der Waals surface area contributed by atoms with Crippen LogP contribution >= 0.6 is 0 Å². The summed E-state index contributed by atoms with van der Waals surface area (Å²) in [4.78, 5) is 39.7. The second kappa shape index (κ2) is 5.61. The van der Waals surface area contributed by atoms with Gasteiger partial charge in [0.05, 0.1) is 18.8 Å². The highest BCUT2D eigenvalue weighted by molar-refractivity contribution is 6.07. The number of aromatic nitrogens is 1. The molecule has 0 bridgehead atoms. The quantitative estimate of drug-likeness (QED) is 0.839. The monoisotopic (exact) mass is 302 g/mol. The molecule has 114 valence electrons. The molecule has 2 aromatic rings. The summed E-state index contributed by atoms with van der Waals surface area (Å²) in [5.74, 6) is -1.60. The van der Waals surface area contributed by atoms with E-state index in [4.69, 9.17) is 4.74 Å². The molecule has 2 N–H and O–H groups in total. The van der Waals surface area contributed by atoms with Crippen molar-refractivity contribution in [3.8, 4) is 0 Å². The van der Waals surface area contributed by atoms with Gasteiger partial charge < -0.3 is 19.7 Å². The van der Waals surface area contributed by atoms with Crippen molar-refractivity contribution in [1.29, 1.82) is 0 Å². The van der Waals surface area contributed by atoms with E-state index >= 15 is 0 Å². The third-order valence-electron chi connectivity index (χ3n) is 3.66. The van der Waals surface area contributed by atoms with E-state index in [1.165, 1.54) is 11.0 Å². The molecule has 1 aliphatic rings. The lowest BCUT2D eigenvalue weighted by Gasteiger charge is -2.33. The normalized spacial score (nSPS) is 18.4. The number of carboxylic acid groups (broad SMARTS) is 1. The van der Waals surface area contributed by atoms with Crippen LogP contribution < -0.4 is 5.56 Å². The molecule has 3 rings (SSSR count). The number of hydrogen-bond donors (Lipinski definition) is 2. The van der Waals surface area contributed by atoms with Crippen molar-refractivity contribution < 1.29 is 19.4 Å². The Balaban J connectivity index is 2.08. The molecule has 22 heavy (non-hydrogen) atoms. The van der Waals surface area contributed by atoms with E-state index in [2.05, 4.69) is 4.98 Å². The van der Waals surface area contributed by atoms with Gasteiger partial charge in [-0.25, -0.2) is 4.79 Å². The van der Waals surface area contributed by atoms with Gasteiger partial charge in [-0.3, -0.25) is 9.59 Å². The summed E-state index contributed by atoms with van der Waals surface area (Å²) in [6.07, 6.45) is 0. The Morgan fingerprint density at radius 2 is 2.09 bits per heavy atom. The van der Waals surface area contributed by atoms with E-state index in [9.17, 15) is 19.5 Å². The summed E-state index contributed by atoms with van der Waals surface area (Å²) in [6, 6.07) is 7.08. The largest absolute Gasteiger partial charge is 0.480 e. The van der Waals surface area contributed by atoms with E-state index in [-0.39, 0.29) is 25.3 Å². The number of aliphatic carboxylic acids is 1. The number of nitrogens with one attached hydrogen (secondary N) is 1. The van der Waals surface area contributed by atoms with Gasteiger partial charge >= 0.3 is 5.97 Å².